The molecule has 0 radical (unpaired) electrons. The average Bonchev–Trinajstić information content (AvgIpc) is 2.36. The van der Waals surface area contributed by atoms with Crippen LogP contribution in [0.2, 0.25) is 0 Å². The number of nitrogens with one attached hydrogen (secondary N) is 1. The van der Waals surface area contributed by atoms with Crippen LogP contribution in [0.25, 0.3) is 0 Å². The second-order valence-electron chi connectivity index (χ2n) is 6.15. The van der Waals surface area contributed by atoms with Crippen molar-refractivity contribution in [2.45, 2.75) is 51.5 Å². The average molecular weight is 324 g/mol. The van der Waals surface area contributed by atoms with Crippen LogP contribution in [0.4, 0.5) is 0 Å². The lowest BCUT2D eigenvalue weighted by Crippen LogP contribution is -2.49. The minimum Gasteiger partial charge on any atom is -0.341 e. The van der Waals surface area contributed by atoms with Crippen molar-refractivity contribution in [1.82, 2.24) is 9.62 Å². The molecule has 0 unspecified atom stereocenters. The van der Waals surface area contributed by atoms with Gasteiger partial charge in [0.25, 0.3) is 0 Å². The number of sulfonamides is 1. The molecular weight excluding hydrogens is 300 g/mol. The van der Waals surface area contributed by atoms with Crippen LogP contribution >= 0.6 is 0 Å². The van der Waals surface area contributed by atoms with Gasteiger partial charge in [-0.25, -0.2) is 13.1 Å². The molecule has 1 saturated heterocycles. The number of rotatable bonds is 3. The third-order valence-corrected chi connectivity index (χ3v) is 5.89. The minimum absolute atomic E-state index is 0.00778. The van der Waals surface area contributed by atoms with Gasteiger partial charge in [0.05, 0.1) is 4.90 Å². The molecule has 1 amide bonds. The fourth-order valence-corrected chi connectivity index (χ4v) is 4.94. The molecular formula is C16H24N2O3S. The van der Waals surface area contributed by atoms with Crippen LogP contribution in [-0.2, 0) is 14.8 Å². The Hall–Kier alpha value is -1.40. The summed E-state index contributed by atoms with van der Waals surface area (Å²) in [6.07, 6.45) is 1.57. The van der Waals surface area contributed by atoms with Crippen LogP contribution in [0.1, 0.15) is 36.5 Å². The number of hydrogen-bond acceptors (Lipinski definition) is 3. The third kappa shape index (κ3) is 3.67. The number of amides is 1. The van der Waals surface area contributed by atoms with Crippen LogP contribution in [0.15, 0.2) is 17.0 Å². The number of likely N-dealkylation sites (tertiary alicyclic amines) is 1. The van der Waals surface area contributed by atoms with Gasteiger partial charge in [0, 0.05) is 26.1 Å². The topological polar surface area (TPSA) is 66.5 Å². The standard InChI is InChI=1S/C16H24N2O3S/c1-11-8-12(2)16(13(3)9-11)22(20,21)17-15-6-5-7-18(10-15)14(4)19/h8-9,15,17H,5-7,10H2,1-4H3/t15-/m0/s1. The molecule has 0 spiro atoms. The summed E-state index contributed by atoms with van der Waals surface area (Å²) in [4.78, 5) is 13.5. The van der Waals surface area contributed by atoms with Crippen LogP contribution in [0.5, 0.6) is 0 Å². The Balaban J connectivity index is 2.23. The maximum atomic E-state index is 12.7. The SMILES string of the molecule is CC(=O)N1CCC[C@H](NS(=O)(=O)c2c(C)cc(C)cc2C)C1. The first-order chi connectivity index (χ1) is 10.2. The Morgan fingerprint density at radius 1 is 1.23 bits per heavy atom. The molecule has 1 fully saturated rings. The summed E-state index contributed by atoms with van der Waals surface area (Å²) in [5.41, 5.74) is 2.56. The minimum atomic E-state index is -3.58. The van der Waals surface area contributed by atoms with Crippen molar-refractivity contribution < 1.29 is 13.2 Å². The Bertz CT molecular complexity index is 660. The summed E-state index contributed by atoms with van der Waals surface area (Å²) in [5, 5.41) is 0. The van der Waals surface area contributed by atoms with Crippen molar-refractivity contribution in [1.29, 1.82) is 0 Å². The number of carbonyl (C=O) groups excluding carboxylic acids is 1. The van der Waals surface area contributed by atoms with E-state index >= 15 is 0 Å². The van der Waals surface area contributed by atoms with E-state index in [2.05, 4.69) is 4.72 Å². The predicted octanol–water partition coefficient (Wildman–Crippen LogP) is 1.90. The first kappa shape index (κ1) is 17.0. The van der Waals surface area contributed by atoms with E-state index in [1.54, 1.807) is 4.90 Å². The van der Waals surface area contributed by atoms with E-state index in [4.69, 9.17) is 0 Å². The molecule has 1 heterocycles. The van der Waals surface area contributed by atoms with E-state index in [0.717, 1.165) is 29.5 Å². The molecule has 0 saturated carbocycles. The molecule has 1 aliphatic heterocycles. The first-order valence-electron chi connectivity index (χ1n) is 7.56. The Morgan fingerprint density at radius 3 is 2.36 bits per heavy atom. The number of aryl methyl sites for hydroxylation is 3. The molecule has 122 valence electrons. The molecule has 0 aromatic heterocycles. The summed E-state index contributed by atoms with van der Waals surface area (Å²) in [5.74, 6) is -0.00778. The van der Waals surface area contributed by atoms with Crippen LogP contribution in [-0.4, -0.2) is 38.4 Å². The van der Waals surface area contributed by atoms with Gasteiger partial charge in [0.2, 0.25) is 15.9 Å². The van der Waals surface area contributed by atoms with Gasteiger partial charge < -0.3 is 4.90 Å². The van der Waals surface area contributed by atoms with Gasteiger partial charge in [-0.05, 0) is 44.7 Å². The van der Waals surface area contributed by atoms with E-state index in [1.165, 1.54) is 6.92 Å². The van der Waals surface area contributed by atoms with Crippen LogP contribution in [0.3, 0.4) is 0 Å². The van der Waals surface area contributed by atoms with E-state index in [9.17, 15) is 13.2 Å². The maximum absolute atomic E-state index is 12.7. The van der Waals surface area contributed by atoms with Crippen molar-refractivity contribution in [3.8, 4) is 0 Å². The number of piperidine rings is 1. The summed E-state index contributed by atoms with van der Waals surface area (Å²) in [6, 6.07) is 3.54. The second-order valence-corrected chi connectivity index (χ2v) is 7.80. The highest BCUT2D eigenvalue weighted by molar-refractivity contribution is 7.89. The smallest absolute Gasteiger partial charge is 0.241 e. The summed E-state index contributed by atoms with van der Waals surface area (Å²) < 4.78 is 28.2. The number of benzene rings is 1. The van der Waals surface area contributed by atoms with Crippen molar-refractivity contribution in [2.75, 3.05) is 13.1 Å². The summed E-state index contributed by atoms with van der Waals surface area (Å²) in [6.45, 7) is 8.25. The lowest BCUT2D eigenvalue weighted by Gasteiger charge is -2.32. The van der Waals surface area contributed by atoms with Gasteiger partial charge in [-0.1, -0.05) is 17.7 Å². The van der Waals surface area contributed by atoms with Gasteiger partial charge in [-0.3, -0.25) is 4.79 Å². The molecule has 6 heteroatoms. The fraction of sp³-hybridized carbons (Fsp3) is 0.562. The van der Waals surface area contributed by atoms with Gasteiger partial charge in [0.1, 0.15) is 0 Å². The van der Waals surface area contributed by atoms with E-state index in [0.29, 0.717) is 18.0 Å². The van der Waals surface area contributed by atoms with Gasteiger partial charge in [0.15, 0.2) is 0 Å². The van der Waals surface area contributed by atoms with Gasteiger partial charge in [-0.15, -0.1) is 0 Å². The molecule has 1 aromatic carbocycles. The summed E-state index contributed by atoms with van der Waals surface area (Å²) >= 11 is 0. The molecule has 0 bridgehead atoms. The number of carbonyl (C=O) groups is 1. The van der Waals surface area contributed by atoms with Crippen LogP contribution in [0, 0.1) is 20.8 Å². The van der Waals surface area contributed by atoms with Crippen molar-refractivity contribution in [2.24, 2.45) is 0 Å². The van der Waals surface area contributed by atoms with Crippen molar-refractivity contribution in [3.63, 3.8) is 0 Å². The third-order valence-electron chi connectivity index (χ3n) is 4.06. The lowest BCUT2D eigenvalue weighted by atomic mass is 10.1. The predicted molar refractivity (Wildman–Crippen MR) is 86.3 cm³/mol. The first-order valence-corrected chi connectivity index (χ1v) is 9.04. The molecule has 22 heavy (non-hydrogen) atoms. The largest absolute Gasteiger partial charge is 0.341 e. The quantitative estimate of drug-likeness (QED) is 0.923. The maximum Gasteiger partial charge on any atom is 0.241 e. The second kappa shape index (κ2) is 6.38. The highest BCUT2D eigenvalue weighted by Crippen LogP contribution is 2.23. The summed E-state index contributed by atoms with van der Waals surface area (Å²) in [7, 11) is -3.58. The highest BCUT2D eigenvalue weighted by Gasteiger charge is 2.28. The van der Waals surface area contributed by atoms with Gasteiger partial charge >= 0.3 is 0 Å². The molecule has 2 rings (SSSR count). The number of nitrogens with zero attached hydrogens (tertiary/aromatic N) is 1. The fourth-order valence-electron chi connectivity index (χ4n) is 3.23. The molecule has 1 aliphatic rings. The molecule has 1 N–H and O–H groups in total. The van der Waals surface area contributed by atoms with Crippen LogP contribution < -0.4 is 4.72 Å². The zero-order valence-corrected chi connectivity index (χ0v) is 14.5. The number of hydrogen-bond donors (Lipinski definition) is 1. The lowest BCUT2D eigenvalue weighted by molar-refractivity contribution is -0.130. The van der Waals surface area contributed by atoms with Gasteiger partial charge in [-0.2, -0.15) is 0 Å². The van der Waals surface area contributed by atoms with E-state index in [-0.39, 0.29) is 11.9 Å². The normalized spacial score (nSPS) is 19.3. The zero-order valence-electron chi connectivity index (χ0n) is 13.6. The van der Waals surface area contributed by atoms with Crippen molar-refractivity contribution in [3.05, 3.63) is 28.8 Å². The molecule has 5 nitrogen and oxygen atoms in total. The monoisotopic (exact) mass is 324 g/mol. The Kier molecular flexibility index (Phi) is 4.92. The Morgan fingerprint density at radius 2 is 1.82 bits per heavy atom. The zero-order chi connectivity index (χ0) is 16.5. The molecule has 0 aliphatic carbocycles. The molecule has 1 aromatic rings. The van der Waals surface area contributed by atoms with Crippen molar-refractivity contribution >= 4 is 15.9 Å². The molecule has 1 atom stereocenters. The van der Waals surface area contributed by atoms with E-state index < -0.39 is 10.0 Å². The van der Waals surface area contributed by atoms with E-state index in [1.807, 2.05) is 32.9 Å². The highest BCUT2D eigenvalue weighted by atomic mass is 32.2. The Labute approximate surface area is 132 Å².